The third-order valence-corrected chi connectivity index (χ3v) is 3.90. The molecule has 1 amide bonds. The fraction of sp³-hybridized carbons (Fsp3) is 0.471. The molecule has 1 fully saturated rings. The number of nitrogens with zero attached hydrogens (tertiary/aromatic N) is 1. The number of amides is 1. The van der Waals surface area contributed by atoms with Gasteiger partial charge in [-0.2, -0.15) is 0 Å². The summed E-state index contributed by atoms with van der Waals surface area (Å²) >= 11 is 0. The number of rotatable bonds is 3. The second-order valence-corrected chi connectivity index (χ2v) is 5.44. The van der Waals surface area contributed by atoms with Crippen molar-refractivity contribution >= 4 is 12.0 Å². The average Bonchev–Trinajstić information content (AvgIpc) is 2.46. The first-order chi connectivity index (χ1) is 9.19. The van der Waals surface area contributed by atoms with Crippen molar-refractivity contribution in [3.8, 4) is 0 Å². The topological polar surface area (TPSA) is 20.3 Å². The third kappa shape index (κ3) is 3.95. The molecule has 19 heavy (non-hydrogen) atoms. The number of hydrogen-bond donors (Lipinski definition) is 0. The molecule has 0 saturated carbocycles. The molecule has 2 nitrogen and oxygen atoms in total. The van der Waals surface area contributed by atoms with E-state index in [4.69, 9.17) is 0 Å². The largest absolute Gasteiger partial charge is 0.339 e. The Morgan fingerprint density at radius 2 is 2.11 bits per heavy atom. The van der Waals surface area contributed by atoms with Crippen molar-refractivity contribution in [1.29, 1.82) is 0 Å². The number of piperidine rings is 1. The summed E-state index contributed by atoms with van der Waals surface area (Å²) in [5.74, 6) is 0.837. The lowest BCUT2D eigenvalue weighted by Gasteiger charge is -2.31. The van der Waals surface area contributed by atoms with Gasteiger partial charge >= 0.3 is 0 Å². The van der Waals surface area contributed by atoms with Crippen LogP contribution in [0.5, 0.6) is 0 Å². The molecule has 1 aliphatic heterocycles. The van der Waals surface area contributed by atoms with E-state index in [1.165, 1.54) is 18.4 Å². The molecular formula is C17H23NO. The van der Waals surface area contributed by atoms with Gasteiger partial charge in [0, 0.05) is 19.2 Å². The number of likely N-dealkylation sites (tertiary alicyclic amines) is 1. The van der Waals surface area contributed by atoms with E-state index < -0.39 is 0 Å². The number of aryl methyl sites for hydroxylation is 1. The third-order valence-electron chi connectivity index (χ3n) is 3.90. The molecule has 0 spiro atoms. The molecule has 1 atom stereocenters. The summed E-state index contributed by atoms with van der Waals surface area (Å²) in [7, 11) is 0. The van der Waals surface area contributed by atoms with Gasteiger partial charge in [0.1, 0.15) is 0 Å². The standard InChI is InChI=1S/C17H23NO/c1-3-15-5-4-12-18(13-15)17(19)11-10-16-8-6-14(2)7-9-16/h6-11,15H,3-5,12-13H2,1-2H3/b11-10+. The molecule has 1 aromatic carbocycles. The van der Waals surface area contributed by atoms with E-state index in [9.17, 15) is 4.79 Å². The maximum absolute atomic E-state index is 12.1. The van der Waals surface area contributed by atoms with E-state index in [0.717, 1.165) is 25.1 Å². The van der Waals surface area contributed by atoms with Crippen LogP contribution in [0.3, 0.4) is 0 Å². The first-order valence-electron chi connectivity index (χ1n) is 7.22. The van der Waals surface area contributed by atoms with Crippen LogP contribution in [0.25, 0.3) is 6.08 Å². The highest BCUT2D eigenvalue weighted by atomic mass is 16.2. The van der Waals surface area contributed by atoms with Gasteiger partial charge in [0.2, 0.25) is 5.91 Å². The van der Waals surface area contributed by atoms with E-state index in [-0.39, 0.29) is 5.91 Å². The lowest BCUT2D eigenvalue weighted by Crippen LogP contribution is -2.38. The highest BCUT2D eigenvalue weighted by molar-refractivity contribution is 5.91. The first kappa shape index (κ1) is 13.9. The summed E-state index contributed by atoms with van der Waals surface area (Å²) in [4.78, 5) is 14.1. The second kappa shape index (κ2) is 6.55. The zero-order valence-corrected chi connectivity index (χ0v) is 11.9. The molecule has 2 rings (SSSR count). The summed E-state index contributed by atoms with van der Waals surface area (Å²) in [5, 5.41) is 0. The Bertz CT molecular complexity index is 447. The predicted molar refractivity (Wildman–Crippen MR) is 79.8 cm³/mol. The van der Waals surface area contributed by atoms with Crippen molar-refractivity contribution in [2.24, 2.45) is 5.92 Å². The Balaban J connectivity index is 1.94. The van der Waals surface area contributed by atoms with E-state index in [2.05, 4.69) is 26.0 Å². The van der Waals surface area contributed by atoms with E-state index in [1.54, 1.807) is 6.08 Å². The van der Waals surface area contributed by atoms with Gasteiger partial charge in [-0.25, -0.2) is 0 Å². The van der Waals surface area contributed by atoms with Crippen LogP contribution in [0, 0.1) is 12.8 Å². The highest BCUT2D eigenvalue weighted by Crippen LogP contribution is 2.19. The maximum atomic E-state index is 12.1. The fourth-order valence-corrected chi connectivity index (χ4v) is 2.55. The number of carbonyl (C=O) groups excluding carboxylic acids is 1. The summed E-state index contributed by atoms with van der Waals surface area (Å²) in [6.45, 7) is 6.11. The van der Waals surface area contributed by atoms with Crippen molar-refractivity contribution in [2.75, 3.05) is 13.1 Å². The lowest BCUT2D eigenvalue weighted by molar-refractivity contribution is -0.127. The van der Waals surface area contributed by atoms with Crippen LogP contribution in [0.1, 0.15) is 37.3 Å². The molecule has 1 aromatic rings. The zero-order valence-electron chi connectivity index (χ0n) is 11.9. The summed E-state index contributed by atoms with van der Waals surface area (Å²) in [6.07, 6.45) is 7.20. The molecule has 0 bridgehead atoms. The van der Waals surface area contributed by atoms with Gasteiger partial charge in [0.25, 0.3) is 0 Å². The summed E-state index contributed by atoms with van der Waals surface area (Å²) in [6, 6.07) is 8.23. The smallest absolute Gasteiger partial charge is 0.246 e. The number of hydrogen-bond acceptors (Lipinski definition) is 1. The zero-order chi connectivity index (χ0) is 13.7. The Kier molecular flexibility index (Phi) is 4.78. The van der Waals surface area contributed by atoms with Crippen LogP contribution in [0.4, 0.5) is 0 Å². The van der Waals surface area contributed by atoms with E-state index >= 15 is 0 Å². The van der Waals surface area contributed by atoms with Gasteiger partial charge in [-0.15, -0.1) is 0 Å². The Labute approximate surface area is 116 Å². The van der Waals surface area contributed by atoms with Crippen LogP contribution in [-0.4, -0.2) is 23.9 Å². The fourth-order valence-electron chi connectivity index (χ4n) is 2.55. The van der Waals surface area contributed by atoms with E-state index in [0.29, 0.717) is 5.92 Å². The molecular weight excluding hydrogens is 234 g/mol. The van der Waals surface area contributed by atoms with Crippen molar-refractivity contribution in [3.05, 3.63) is 41.5 Å². The molecule has 2 heteroatoms. The van der Waals surface area contributed by atoms with Crippen LogP contribution in [-0.2, 0) is 4.79 Å². The quantitative estimate of drug-likeness (QED) is 0.757. The monoisotopic (exact) mass is 257 g/mol. The molecule has 0 aromatic heterocycles. The molecule has 1 heterocycles. The molecule has 0 radical (unpaired) electrons. The van der Waals surface area contributed by atoms with Gasteiger partial charge in [0.05, 0.1) is 0 Å². The summed E-state index contributed by atoms with van der Waals surface area (Å²) < 4.78 is 0. The minimum atomic E-state index is 0.152. The van der Waals surface area contributed by atoms with Crippen molar-refractivity contribution in [1.82, 2.24) is 4.90 Å². The van der Waals surface area contributed by atoms with Crippen molar-refractivity contribution in [2.45, 2.75) is 33.1 Å². The number of carbonyl (C=O) groups is 1. The molecule has 102 valence electrons. The van der Waals surface area contributed by atoms with Crippen LogP contribution in [0.15, 0.2) is 30.3 Å². The first-order valence-corrected chi connectivity index (χ1v) is 7.22. The SMILES string of the molecule is CCC1CCCN(C(=O)/C=C/c2ccc(C)cc2)C1. The lowest BCUT2D eigenvalue weighted by atomic mass is 9.95. The maximum Gasteiger partial charge on any atom is 0.246 e. The van der Waals surface area contributed by atoms with Crippen LogP contribution in [0.2, 0.25) is 0 Å². The minimum Gasteiger partial charge on any atom is -0.339 e. The van der Waals surface area contributed by atoms with E-state index in [1.807, 2.05) is 23.1 Å². The second-order valence-electron chi connectivity index (χ2n) is 5.44. The highest BCUT2D eigenvalue weighted by Gasteiger charge is 2.20. The molecule has 1 unspecified atom stereocenters. The Hall–Kier alpha value is -1.57. The molecule has 0 N–H and O–H groups in total. The predicted octanol–water partition coefficient (Wildman–Crippen LogP) is 3.66. The van der Waals surface area contributed by atoms with Gasteiger partial charge in [-0.1, -0.05) is 43.2 Å². The summed E-state index contributed by atoms with van der Waals surface area (Å²) in [5.41, 5.74) is 2.33. The molecule has 1 saturated heterocycles. The van der Waals surface area contributed by atoms with Gasteiger partial charge in [-0.05, 0) is 37.3 Å². The Morgan fingerprint density at radius 1 is 1.37 bits per heavy atom. The normalized spacial score (nSPS) is 19.9. The molecule has 1 aliphatic rings. The average molecular weight is 257 g/mol. The van der Waals surface area contributed by atoms with Crippen LogP contribution >= 0.6 is 0 Å². The Morgan fingerprint density at radius 3 is 2.79 bits per heavy atom. The van der Waals surface area contributed by atoms with Crippen molar-refractivity contribution in [3.63, 3.8) is 0 Å². The van der Waals surface area contributed by atoms with Gasteiger partial charge in [-0.3, -0.25) is 4.79 Å². The number of benzene rings is 1. The van der Waals surface area contributed by atoms with Crippen molar-refractivity contribution < 1.29 is 4.79 Å². The van der Waals surface area contributed by atoms with Gasteiger partial charge < -0.3 is 4.90 Å². The van der Waals surface area contributed by atoms with Gasteiger partial charge in [0.15, 0.2) is 0 Å². The van der Waals surface area contributed by atoms with Crippen LogP contribution < -0.4 is 0 Å². The molecule has 0 aliphatic carbocycles. The minimum absolute atomic E-state index is 0.152.